The van der Waals surface area contributed by atoms with Crippen LogP contribution in [0, 0.1) is 0 Å². The topological polar surface area (TPSA) is 119 Å². The second kappa shape index (κ2) is 6.56. The van der Waals surface area contributed by atoms with E-state index < -0.39 is 0 Å². The van der Waals surface area contributed by atoms with E-state index in [9.17, 15) is 4.79 Å². The first-order chi connectivity index (χ1) is 12.5. The number of ether oxygens (including phenoxy) is 1. The number of carbonyl (C=O) groups excluding carboxylic acids is 1. The molecule has 0 spiro atoms. The van der Waals surface area contributed by atoms with Crippen LogP contribution in [0.1, 0.15) is 49.3 Å². The molecule has 1 fully saturated rings. The highest BCUT2D eigenvalue weighted by Crippen LogP contribution is 2.39. The lowest BCUT2D eigenvalue weighted by molar-refractivity contribution is -0.116. The molecule has 0 radical (unpaired) electrons. The lowest BCUT2D eigenvalue weighted by Gasteiger charge is -2.30. The van der Waals surface area contributed by atoms with Crippen molar-refractivity contribution in [2.24, 2.45) is 0 Å². The maximum Gasteiger partial charge on any atom is 0.229 e. The molecule has 1 atom stereocenters. The summed E-state index contributed by atoms with van der Waals surface area (Å²) in [6, 6.07) is 0. The van der Waals surface area contributed by atoms with Crippen LogP contribution in [0.5, 0.6) is 0 Å². The van der Waals surface area contributed by atoms with E-state index in [2.05, 4.69) is 20.3 Å². The highest BCUT2D eigenvalue weighted by atomic mass is 16.5. The van der Waals surface area contributed by atoms with Gasteiger partial charge in [-0.25, -0.2) is 4.98 Å². The number of hydrogen-bond donors (Lipinski definition) is 2. The number of anilines is 3. The van der Waals surface area contributed by atoms with Gasteiger partial charge in [-0.1, -0.05) is 13.8 Å². The standard InChI is InChI=1S/C17H22N6O3/c1-9(2)16-19-11(8-26-16)10-7-12(24)20-15-13(10)14(18)21-17(22-15)23-3-5-25-6-4-23/h8-10H,3-7H2,1-2H3,(H3,18,20,21,22,24). The van der Waals surface area contributed by atoms with E-state index in [1.165, 1.54) is 0 Å². The largest absolute Gasteiger partial charge is 0.448 e. The third kappa shape index (κ3) is 2.98. The predicted molar refractivity (Wildman–Crippen MR) is 95.2 cm³/mol. The first-order valence-electron chi connectivity index (χ1n) is 8.78. The third-order valence-corrected chi connectivity index (χ3v) is 4.64. The minimum absolute atomic E-state index is 0.123. The van der Waals surface area contributed by atoms with Crippen LogP contribution in [0.2, 0.25) is 0 Å². The number of nitrogens with two attached hydrogens (primary N) is 1. The molecule has 1 unspecified atom stereocenters. The number of amides is 1. The Kier molecular flexibility index (Phi) is 4.23. The van der Waals surface area contributed by atoms with Gasteiger partial charge in [0.05, 0.1) is 18.9 Å². The molecule has 0 aromatic carbocycles. The Morgan fingerprint density at radius 1 is 1.27 bits per heavy atom. The summed E-state index contributed by atoms with van der Waals surface area (Å²) in [5.74, 6) is 1.68. The predicted octanol–water partition coefficient (Wildman–Crippen LogP) is 1.48. The second-order valence-electron chi connectivity index (χ2n) is 6.84. The number of morpholine rings is 1. The van der Waals surface area contributed by atoms with Gasteiger partial charge >= 0.3 is 0 Å². The van der Waals surface area contributed by atoms with Crippen LogP contribution in [0.3, 0.4) is 0 Å². The van der Waals surface area contributed by atoms with Crippen molar-refractivity contribution in [3.63, 3.8) is 0 Å². The van der Waals surface area contributed by atoms with E-state index in [4.69, 9.17) is 14.9 Å². The Labute approximate surface area is 151 Å². The van der Waals surface area contributed by atoms with E-state index in [0.29, 0.717) is 61.0 Å². The second-order valence-corrected chi connectivity index (χ2v) is 6.84. The fourth-order valence-electron chi connectivity index (χ4n) is 3.27. The van der Waals surface area contributed by atoms with Crippen LogP contribution >= 0.6 is 0 Å². The molecule has 2 aromatic rings. The van der Waals surface area contributed by atoms with Crippen LogP contribution in [-0.4, -0.2) is 47.2 Å². The van der Waals surface area contributed by atoms with Crippen molar-refractivity contribution in [1.82, 2.24) is 15.0 Å². The average Bonchev–Trinajstić information content (AvgIpc) is 3.11. The Bertz CT molecular complexity index is 828. The van der Waals surface area contributed by atoms with Crippen molar-refractivity contribution in [3.05, 3.63) is 23.4 Å². The van der Waals surface area contributed by atoms with Crippen molar-refractivity contribution in [2.45, 2.75) is 32.1 Å². The summed E-state index contributed by atoms with van der Waals surface area (Å²) in [6.07, 6.45) is 1.83. The molecule has 1 saturated heterocycles. The first kappa shape index (κ1) is 16.8. The lowest BCUT2D eigenvalue weighted by atomic mass is 9.90. The summed E-state index contributed by atoms with van der Waals surface area (Å²) < 4.78 is 10.9. The van der Waals surface area contributed by atoms with Gasteiger partial charge in [-0.05, 0) is 0 Å². The van der Waals surface area contributed by atoms with Gasteiger partial charge < -0.3 is 25.1 Å². The van der Waals surface area contributed by atoms with Gasteiger partial charge in [-0.2, -0.15) is 9.97 Å². The molecule has 4 rings (SSSR count). The summed E-state index contributed by atoms with van der Waals surface area (Å²) >= 11 is 0. The zero-order valence-corrected chi connectivity index (χ0v) is 14.9. The van der Waals surface area contributed by atoms with Gasteiger partial charge in [0.15, 0.2) is 5.89 Å². The summed E-state index contributed by atoms with van der Waals surface area (Å²) in [5, 5.41) is 2.82. The van der Waals surface area contributed by atoms with E-state index in [1.807, 2.05) is 18.7 Å². The normalized spacial score (nSPS) is 20.2. The van der Waals surface area contributed by atoms with Crippen molar-refractivity contribution in [3.8, 4) is 0 Å². The van der Waals surface area contributed by atoms with Crippen molar-refractivity contribution in [2.75, 3.05) is 42.3 Å². The maximum atomic E-state index is 12.2. The highest BCUT2D eigenvalue weighted by Gasteiger charge is 2.33. The van der Waals surface area contributed by atoms with Gasteiger partial charge in [-0.15, -0.1) is 0 Å². The van der Waals surface area contributed by atoms with Crippen LogP contribution in [0.25, 0.3) is 0 Å². The molecule has 2 aromatic heterocycles. The van der Waals surface area contributed by atoms with Crippen LogP contribution in [-0.2, 0) is 9.53 Å². The minimum atomic E-state index is -0.311. The van der Waals surface area contributed by atoms with E-state index in [0.717, 1.165) is 0 Å². The van der Waals surface area contributed by atoms with Crippen LogP contribution < -0.4 is 16.0 Å². The molecular weight excluding hydrogens is 336 g/mol. The fraction of sp³-hybridized carbons (Fsp3) is 0.529. The number of nitrogens with zero attached hydrogens (tertiary/aromatic N) is 4. The number of carbonyl (C=O) groups is 1. The maximum absolute atomic E-state index is 12.2. The Balaban J connectivity index is 1.73. The summed E-state index contributed by atoms with van der Waals surface area (Å²) in [7, 11) is 0. The molecule has 0 saturated carbocycles. The molecule has 0 bridgehead atoms. The van der Waals surface area contributed by atoms with Crippen LogP contribution in [0.15, 0.2) is 10.7 Å². The smallest absolute Gasteiger partial charge is 0.229 e. The van der Waals surface area contributed by atoms with Crippen molar-refractivity contribution in [1.29, 1.82) is 0 Å². The highest BCUT2D eigenvalue weighted by molar-refractivity contribution is 5.95. The van der Waals surface area contributed by atoms with E-state index in [1.54, 1.807) is 6.26 Å². The summed E-state index contributed by atoms with van der Waals surface area (Å²) in [4.78, 5) is 27.8. The fourth-order valence-corrected chi connectivity index (χ4v) is 3.27. The number of rotatable bonds is 3. The molecule has 3 N–H and O–H groups in total. The zero-order chi connectivity index (χ0) is 18.3. The Hall–Kier alpha value is -2.68. The summed E-state index contributed by atoms with van der Waals surface area (Å²) in [5.41, 5.74) is 7.65. The molecule has 4 heterocycles. The third-order valence-electron chi connectivity index (χ3n) is 4.64. The van der Waals surface area contributed by atoms with E-state index in [-0.39, 0.29) is 24.2 Å². The molecule has 1 amide bonds. The number of hydrogen-bond acceptors (Lipinski definition) is 8. The minimum Gasteiger partial charge on any atom is -0.448 e. The molecule has 2 aliphatic rings. The monoisotopic (exact) mass is 358 g/mol. The molecule has 9 nitrogen and oxygen atoms in total. The summed E-state index contributed by atoms with van der Waals surface area (Å²) in [6.45, 7) is 6.62. The van der Waals surface area contributed by atoms with E-state index >= 15 is 0 Å². The first-order valence-corrected chi connectivity index (χ1v) is 8.78. The van der Waals surface area contributed by atoms with Gasteiger partial charge in [0.1, 0.15) is 17.9 Å². The number of nitrogen functional groups attached to an aromatic ring is 1. The van der Waals surface area contributed by atoms with Gasteiger partial charge in [-0.3, -0.25) is 4.79 Å². The van der Waals surface area contributed by atoms with Gasteiger partial charge in [0.25, 0.3) is 0 Å². The molecule has 9 heteroatoms. The Morgan fingerprint density at radius 2 is 2.04 bits per heavy atom. The number of fused-ring (bicyclic) bond motifs is 1. The molecule has 2 aliphatic heterocycles. The van der Waals surface area contributed by atoms with Crippen LogP contribution in [0.4, 0.5) is 17.6 Å². The van der Waals surface area contributed by atoms with Crippen molar-refractivity contribution >= 4 is 23.5 Å². The zero-order valence-electron chi connectivity index (χ0n) is 14.9. The molecule has 0 aliphatic carbocycles. The quantitative estimate of drug-likeness (QED) is 0.847. The van der Waals surface area contributed by atoms with Gasteiger partial charge in [0.2, 0.25) is 11.9 Å². The Morgan fingerprint density at radius 3 is 2.73 bits per heavy atom. The lowest BCUT2D eigenvalue weighted by Crippen LogP contribution is -2.38. The SMILES string of the molecule is CC(C)c1nc(C2CC(=O)Nc3nc(N4CCOCC4)nc(N)c32)co1. The molecule has 138 valence electrons. The number of oxazole rings is 1. The number of aromatic nitrogens is 3. The average molecular weight is 358 g/mol. The molecular formula is C17H22N6O3. The molecule has 26 heavy (non-hydrogen) atoms. The van der Waals surface area contributed by atoms with Crippen molar-refractivity contribution < 1.29 is 13.9 Å². The van der Waals surface area contributed by atoms with Gasteiger partial charge in [0, 0.05) is 36.9 Å². The number of nitrogens with one attached hydrogen (secondary N) is 1.